The van der Waals surface area contributed by atoms with Gasteiger partial charge in [0.15, 0.2) is 5.70 Å². The maximum atomic E-state index is 11.6. The molecule has 0 fully saturated rings. The third-order valence-corrected chi connectivity index (χ3v) is 2.47. The number of allylic oxidation sites excluding steroid dienone is 1. The summed E-state index contributed by atoms with van der Waals surface area (Å²) in [7, 11) is 1.17. The lowest BCUT2D eigenvalue weighted by Gasteiger charge is -2.28. The lowest BCUT2D eigenvalue weighted by Crippen LogP contribution is -2.45. The minimum Gasteiger partial charge on any atom is -0.508 e. The van der Waals surface area contributed by atoms with Crippen molar-refractivity contribution in [1.82, 2.24) is 5.32 Å². The number of carbonyl (C=O) groups is 2. The summed E-state index contributed by atoms with van der Waals surface area (Å²) < 4.78 is 4.45. The molecule has 2 unspecified atom stereocenters. The summed E-state index contributed by atoms with van der Waals surface area (Å²) in [5.41, 5.74) is -0.235. The second kappa shape index (κ2) is 5.01. The van der Waals surface area contributed by atoms with E-state index in [-0.39, 0.29) is 29.8 Å². The van der Waals surface area contributed by atoms with Crippen LogP contribution in [-0.4, -0.2) is 36.3 Å². The molecule has 2 heterocycles. The van der Waals surface area contributed by atoms with Gasteiger partial charge in [-0.25, -0.2) is 4.79 Å². The molecular formula is C10H11ClN2O4. The van der Waals surface area contributed by atoms with Crippen molar-refractivity contribution in [3.8, 4) is 0 Å². The highest BCUT2D eigenvalue weighted by Gasteiger charge is 2.39. The first kappa shape index (κ1) is 13.2. The van der Waals surface area contributed by atoms with E-state index in [1.807, 2.05) is 0 Å². The molecule has 92 valence electrons. The average Bonchev–Trinajstić information content (AvgIpc) is 2.33. The van der Waals surface area contributed by atoms with Crippen molar-refractivity contribution >= 4 is 30.5 Å². The SMILES string of the molecule is COC(=O)C1=C(O)C2N=CC=CC2C(=O)N1.Cl. The molecule has 0 aromatic rings. The summed E-state index contributed by atoms with van der Waals surface area (Å²) in [6.45, 7) is 0. The Morgan fingerprint density at radius 3 is 2.94 bits per heavy atom. The molecule has 0 aliphatic carbocycles. The third-order valence-electron chi connectivity index (χ3n) is 2.47. The lowest BCUT2D eigenvalue weighted by molar-refractivity contribution is -0.139. The van der Waals surface area contributed by atoms with Gasteiger partial charge in [0.25, 0.3) is 0 Å². The van der Waals surface area contributed by atoms with Gasteiger partial charge in [0.1, 0.15) is 11.8 Å². The Balaban J connectivity index is 0.00000144. The van der Waals surface area contributed by atoms with E-state index < -0.39 is 17.9 Å². The van der Waals surface area contributed by atoms with Crippen LogP contribution in [0.25, 0.3) is 0 Å². The highest BCUT2D eigenvalue weighted by atomic mass is 35.5. The van der Waals surface area contributed by atoms with E-state index >= 15 is 0 Å². The summed E-state index contributed by atoms with van der Waals surface area (Å²) in [6, 6.07) is -0.729. The highest BCUT2D eigenvalue weighted by molar-refractivity contribution is 5.98. The number of fused-ring (bicyclic) bond motifs is 1. The number of nitrogens with zero attached hydrogens (tertiary/aromatic N) is 1. The first-order valence-electron chi connectivity index (χ1n) is 4.67. The molecule has 2 aliphatic heterocycles. The highest BCUT2D eigenvalue weighted by Crippen LogP contribution is 2.25. The van der Waals surface area contributed by atoms with Crippen molar-refractivity contribution in [2.45, 2.75) is 6.04 Å². The number of aliphatic imine (C=N–C) groups is 1. The summed E-state index contributed by atoms with van der Waals surface area (Å²) in [4.78, 5) is 26.8. The number of hydrogen-bond acceptors (Lipinski definition) is 5. The van der Waals surface area contributed by atoms with Gasteiger partial charge in [-0.15, -0.1) is 12.4 Å². The number of esters is 1. The molecule has 0 saturated heterocycles. The molecule has 2 rings (SSSR count). The Hall–Kier alpha value is -1.82. The zero-order valence-electron chi connectivity index (χ0n) is 8.91. The van der Waals surface area contributed by atoms with Crippen molar-refractivity contribution < 1.29 is 19.4 Å². The molecule has 7 heteroatoms. The number of halogens is 1. The second-order valence-electron chi connectivity index (χ2n) is 3.39. The van der Waals surface area contributed by atoms with Crippen molar-refractivity contribution in [3.63, 3.8) is 0 Å². The maximum Gasteiger partial charge on any atom is 0.358 e. The molecule has 0 aromatic heterocycles. The Labute approximate surface area is 103 Å². The monoisotopic (exact) mass is 258 g/mol. The van der Waals surface area contributed by atoms with Gasteiger partial charge in [-0.3, -0.25) is 9.79 Å². The molecule has 0 saturated carbocycles. The molecular weight excluding hydrogens is 248 g/mol. The van der Waals surface area contributed by atoms with Crippen molar-refractivity contribution in [1.29, 1.82) is 0 Å². The molecule has 1 amide bonds. The van der Waals surface area contributed by atoms with Crippen molar-refractivity contribution in [3.05, 3.63) is 23.6 Å². The van der Waals surface area contributed by atoms with Gasteiger partial charge in [0.05, 0.1) is 13.0 Å². The number of amides is 1. The van der Waals surface area contributed by atoms with E-state index in [4.69, 9.17) is 0 Å². The minimum atomic E-state index is -0.783. The van der Waals surface area contributed by atoms with Crippen LogP contribution in [0.1, 0.15) is 0 Å². The summed E-state index contributed by atoms with van der Waals surface area (Å²) >= 11 is 0. The van der Waals surface area contributed by atoms with E-state index in [1.54, 1.807) is 12.2 Å². The van der Waals surface area contributed by atoms with Crippen LogP contribution < -0.4 is 5.32 Å². The van der Waals surface area contributed by atoms with Crippen molar-refractivity contribution in [2.75, 3.05) is 7.11 Å². The van der Waals surface area contributed by atoms with Gasteiger partial charge < -0.3 is 15.2 Å². The topological polar surface area (TPSA) is 88.0 Å². The molecule has 2 atom stereocenters. The predicted octanol–water partition coefficient (Wildman–Crippen LogP) is 0.106. The number of methoxy groups -OCH3 is 1. The fourth-order valence-electron chi connectivity index (χ4n) is 1.66. The van der Waals surface area contributed by atoms with Gasteiger partial charge in [-0.05, 0) is 6.08 Å². The quantitative estimate of drug-likeness (QED) is 0.653. The number of ether oxygens (including phenoxy) is 1. The number of aliphatic hydroxyl groups is 1. The number of aliphatic hydroxyl groups excluding tert-OH is 1. The fourth-order valence-corrected chi connectivity index (χ4v) is 1.66. The van der Waals surface area contributed by atoms with E-state index in [1.165, 1.54) is 13.3 Å². The number of nitrogens with one attached hydrogen (secondary N) is 1. The Bertz CT molecular complexity index is 442. The largest absolute Gasteiger partial charge is 0.508 e. The van der Waals surface area contributed by atoms with E-state index in [0.717, 1.165) is 0 Å². The number of hydrogen-bond donors (Lipinski definition) is 2. The van der Waals surface area contributed by atoms with Crippen LogP contribution in [0.15, 0.2) is 28.6 Å². The van der Waals surface area contributed by atoms with E-state index in [0.29, 0.717) is 0 Å². The molecule has 2 N–H and O–H groups in total. The van der Waals surface area contributed by atoms with Gasteiger partial charge >= 0.3 is 5.97 Å². The zero-order valence-corrected chi connectivity index (χ0v) is 9.73. The first-order chi connectivity index (χ1) is 7.65. The maximum absolute atomic E-state index is 11.6. The van der Waals surface area contributed by atoms with Crippen LogP contribution in [0, 0.1) is 5.92 Å². The van der Waals surface area contributed by atoms with Crippen LogP contribution in [0.3, 0.4) is 0 Å². The van der Waals surface area contributed by atoms with Crippen LogP contribution in [0.5, 0.6) is 0 Å². The standard InChI is InChI=1S/C10H10N2O4.ClH/c1-16-10(15)7-8(13)6-5(9(14)12-7)3-2-4-11-6;/h2-6,13H,1H3,(H,12,14);1H. The van der Waals surface area contributed by atoms with Gasteiger partial charge in [-0.1, -0.05) is 6.08 Å². The lowest BCUT2D eigenvalue weighted by atomic mass is 9.91. The van der Waals surface area contributed by atoms with E-state index in [2.05, 4.69) is 15.0 Å². The third kappa shape index (κ3) is 2.16. The average molecular weight is 259 g/mol. The van der Waals surface area contributed by atoms with Gasteiger partial charge in [0.2, 0.25) is 5.91 Å². The van der Waals surface area contributed by atoms with Crippen LogP contribution in [0.4, 0.5) is 0 Å². The Morgan fingerprint density at radius 2 is 2.29 bits per heavy atom. The van der Waals surface area contributed by atoms with Crippen LogP contribution >= 0.6 is 12.4 Å². The molecule has 0 aromatic carbocycles. The Kier molecular flexibility index (Phi) is 3.90. The van der Waals surface area contributed by atoms with E-state index in [9.17, 15) is 14.7 Å². The summed E-state index contributed by atoms with van der Waals surface area (Å²) in [5, 5.41) is 12.1. The molecule has 17 heavy (non-hydrogen) atoms. The normalized spacial score (nSPS) is 25.8. The predicted molar refractivity (Wildman–Crippen MR) is 62.0 cm³/mol. The number of rotatable bonds is 1. The second-order valence-corrected chi connectivity index (χ2v) is 3.39. The van der Waals surface area contributed by atoms with Crippen LogP contribution in [0.2, 0.25) is 0 Å². The van der Waals surface area contributed by atoms with Gasteiger partial charge in [-0.2, -0.15) is 0 Å². The minimum absolute atomic E-state index is 0. The van der Waals surface area contributed by atoms with Crippen molar-refractivity contribution in [2.24, 2.45) is 10.9 Å². The summed E-state index contributed by atoms with van der Waals surface area (Å²) in [5.74, 6) is -2.00. The summed E-state index contributed by atoms with van der Waals surface area (Å²) in [6.07, 6.45) is 4.72. The molecule has 2 aliphatic rings. The molecule has 0 spiro atoms. The number of dihydropyridines is 1. The Morgan fingerprint density at radius 1 is 1.59 bits per heavy atom. The fraction of sp³-hybridized carbons (Fsp3) is 0.300. The smallest absolute Gasteiger partial charge is 0.358 e. The zero-order chi connectivity index (χ0) is 11.7. The molecule has 0 bridgehead atoms. The number of carbonyl (C=O) groups excluding carboxylic acids is 2. The molecule has 0 radical (unpaired) electrons. The first-order valence-corrected chi connectivity index (χ1v) is 4.67. The van der Waals surface area contributed by atoms with Gasteiger partial charge in [0, 0.05) is 6.21 Å². The molecule has 6 nitrogen and oxygen atoms in total. The van der Waals surface area contributed by atoms with Crippen LogP contribution in [-0.2, 0) is 14.3 Å².